The van der Waals surface area contributed by atoms with Crippen molar-refractivity contribution < 1.29 is 14.3 Å². The molecule has 8 heteroatoms. The van der Waals surface area contributed by atoms with Crippen LogP contribution >= 0.6 is 0 Å². The molecule has 1 aliphatic carbocycles. The molecule has 3 aromatic rings. The lowest BCUT2D eigenvalue weighted by Gasteiger charge is -2.25. The first-order valence-corrected chi connectivity index (χ1v) is 9.27. The van der Waals surface area contributed by atoms with Crippen molar-refractivity contribution in [1.29, 1.82) is 0 Å². The first-order chi connectivity index (χ1) is 13.7. The minimum absolute atomic E-state index is 0.171. The normalized spacial score (nSPS) is 19.3. The number of aromatic nitrogens is 4. The Hall–Kier alpha value is -3.29. The molecular formula is C20H21N5O3. The van der Waals surface area contributed by atoms with E-state index in [2.05, 4.69) is 20.4 Å². The van der Waals surface area contributed by atoms with E-state index in [1.54, 1.807) is 7.11 Å². The predicted molar refractivity (Wildman–Crippen MR) is 103 cm³/mol. The number of methoxy groups -OCH3 is 1. The monoisotopic (exact) mass is 379 g/mol. The minimum atomic E-state index is -0.356. The molecule has 0 aliphatic heterocycles. The van der Waals surface area contributed by atoms with Gasteiger partial charge in [-0.15, -0.1) is 0 Å². The molecule has 4 rings (SSSR count). The van der Waals surface area contributed by atoms with Crippen molar-refractivity contribution in [2.24, 2.45) is 5.92 Å². The number of hydrogen-bond acceptors (Lipinski definition) is 6. The summed E-state index contributed by atoms with van der Waals surface area (Å²) in [6.45, 7) is 0. The van der Waals surface area contributed by atoms with E-state index in [0.717, 1.165) is 42.9 Å². The van der Waals surface area contributed by atoms with Crippen LogP contribution in [0.2, 0.25) is 0 Å². The van der Waals surface area contributed by atoms with Crippen LogP contribution in [0.3, 0.4) is 0 Å². The zero-order valence-electron chi connectivity index (χ0n) is 15.5. The molecule has 0 radical (unpaired) electrons. The number of benzene rings is 1. The molecular weight excluding hydrogens is 358 g/mol. The Balaban J connectivity index is 1.60. The van der Waals surface area contributed by atoms with E-state index in [1.807, 2.05) is 23.0 Å². The lowest BCUT2D eigenvalue weighted by molar-refractivity contribution is -0.112. The summed E-state index contributed by atoms with van der Waals surface area (Å²) in [5, 5.41) is 8.43. The molecule has 1 fully saturated rings. The van der Waals surface area contributed by atoms with Crippen molar-refractivity contribution >= 4 is 28.8 Å². The van der Waals surface area contributed by atoms with Gasteiger partial charge in [-0.25, -0.2) is 4.98 Å². The van der Waals surface area contributed by atoms with Crippen molar-refractivity contribution in [3.8, 4) is 5.75 Å². The van der Waals surface area contributed by atoms with Gasteiger partial charge in [0.2, 0.25) is 0 Å². The minimum Gasteiger partial charge on any atom is -0.494 e. The highest BCUT2D eigenvalue weighted by atomic mass is 16.5. The second kappa shape index (κ2) is 7.75. The van der Waals surface area contributed by atoms with Gasteiger partial charge < -0.3 is 14.8 Å². The number of ether oxygens (including phenoxy) is 1. The summed E-state index contributed by atoms with van der Waals surface area (Å²) >= 11 is 0. The summed E-state index contributed by atoms with van der Waals surface area (Å²) in [4.78, 5) is 31.3. The molecule has 1 amide bonds. The molecule has 144 valence electrons. The van der Waals surface area contributed by atoms with Crippen molar-refractivity contribution in [3.05, 3.63) is 42.6 Å². The molecule has 1 N–H and O–H groups in total. The van der Waals surface area contributed by atoms with E-state index in [4.69, 9.17) is 4.74 Å². The van der Waals surface area contributed by atoms with Crippen LogP contribution in [0.1, 0.15) is 42.2 Å². The highest BCUT2D eigenvalue weighted by Crippen LogP contribution is 2.34. The van der Waals surface area contributed by atoms with Crippen LogP contribution in [-0.2, 0) is 4.79 Å². The van der Waals surface area contributed by atoms with E-state index >= 15 is 0 Å². The fraction of sp³-hybridized carbons (Fsp3) is 0.350. The van der Waals surface area contributed by atoms with Gasteiger partial charge in [-0.05, 0) is 31.7 Å². The van der Waals surface area contributed by atoms with Crippen LogP contribution < -0.4 is 10.1 Å². The Kier molecular flexibility index (Phi) is 5.01. The molecule has 8 nitrogen and oxygen atoms in total. The van der Waals surface area contributed by atoms with E-state index in [1.165, 1.54) is 18.6 Å². The van der Waals surface area contributed by atoms with E-state index in [0.29, 0.717) is 11.4 Å². The van der Waals surface area contributed by atoms with Gasteiger partial charge in [0.1, 0.15) is 17.7 Å². The molecule has 0 unspecified atom stereocenters. The maximum absolute atomic E-state index is 12.4. The maximum Gasteiger partial charge on any atom is 0.275 e. The third-order valence-corrected chi connectivity index (χ3v) is 5.20. The topological polar surface area (TPSA) is 99.0 Å². The molecule has 0 atom stereocenters. The van der Waals surface area contributed by atoms with Gasteiger partial charge in [0, 0.05) is 36.0 Å². The average molecular weight is 379 g/mol. The van der Waals surface area contributed by atoms with Crippen LogP contribution in [0.4, 0.5) is 5.69 Å². The first kappa shape index (κ1) is 18.1. The van der Waals surface area contributed by atoms with Crippen LogP contribution in [0, 0.1) is 5.92 Å². The van der Waals surface area contributed by atoms with Gasteiger partial charge >= 0.3 is 0 Å². The van der Waals surface area contributed by atoms with Crippen LogP contribution in [-0.4, -0.2) is 39.1 Å². The van der Waals surface area contributed by atoms with Crippen molar-refractivity contribution in [1.82, 2.24) is 19.7 Å². The Bertz CT molecular complexity index is 994. The number of amides is 1. The largest absolute Gasteiger partial charge is 0.494 e. The van der Waals surface area contributed by atoms with E-state index in [-0.39, 0.29) is 23.6 Å². The summed E-state index contributed by atoms with van der Waals surface area (Å²) in [6.07, 6.45) is 11.1. The van der Waals surface area contributed by atoms with Crippen LogP contribution in [0.15, 0.2) is 36.9 Å². The van der Waals surface area contributed by atoms with Crippen molar-refractivity contribution in [3.63, 3.8) is 0 Å². The summed E-state index contributed by atoms with van der Waals surface area (Å²) < 4.78 is 7.41. The molecule has 1 saturated carbocycles. The van der Waals surface area contributed by atoms with Crippen molar-refractivity contribution in [2.75, 3.05) is 12.4 Å². The lowest BCUT2D eigenvalue weighted by atomic mass is 9.87. The smallest absolute Gasteiger partial charge is 0.275 e. The molecule has 2 heterocycles. The van der Waals surface area contributed by atoms with Gasteiger partial charge in [0.15, 0.2) is 0 Å². The van der Waals surface area contributed by atoms with Gasteiger partial charge in [0.25, 0.3) is 5.91 Å². The Morgan fingerprint density at radius 1 is 1.25 bits per heavy atom. The zero-order chi connectivity index (χ0) is 19.5. The lowest BCUT2D eigenvalue weighted by Crippen LogP contribution is -2.19. The van der Waals surface area contributed by atoms with E-state index in [9.17, 15) is 9.59 Å². The fourth-order valence-electron chi connectivity index (χ4n) is 3.63. The summed E-state index contributed by atoms with van der Waals surface area (Å²) in [5.41, 5.74) is 1.58. The van der Waals surface area contributed by atoms with Crippen molar-refractivity contribution in [2.45, 2.75) is 31.7 Å². The Labute approximate surface area is 161 Å². The van der Waals surface area contributed by atoms with Gasteiger partial charge in [0.05, 0.1) is 30.6 Å². The summed E-state index contributed by atoms with van der Waals surface area (Å²) in [6, 6.07) is 3.95. The number of anilines is 1. The van der Waals surface area contributed by atoms with E-state index < -0.39 is 0 Å². The predicted octanol–water partition coefficient (Wildman–Crippen LogP) is 3.02. The molecule has 0 saturated heterocycles. The average Bonchev–Trinajstić information content (AvgIpc) is 3.16. The Morgan fingerprint density at radius 3 is 2.75 bits per heavy atom. The number of fused-ring (bicyclic) bond motifs is 1. The van der Waals surface area contributed by atoms with Gasteiger partial charge in [-0.3, -0.25) is 14.5 Å². The number of nitrogens with one attached hydrogen (secondary N) is 1. The van der Waals surface area contributed by atoms with Gasteiger partial charge in [-0.2, -0.15) is 5.10 Å². The highest BCUT2D eigenvalue weighted by molar-refractivity contribution is 6.04. The second-order valence-electron chi connectivity index (χ2n) is 6.97. The quantitative estimate of drug-likeness (QED) is 0.684. The molecule has 0 spiro atoms. The first-order valence-electron chi connectivity index (χ1n) is 9.27. The number of carbonyl (C=O) groups excluding carboxylic acids is 2. The molecule has 1 aliphatic rings. The molecule has 1 aromatic carbocycles. The van der Waals surface area contributed by atoms with Crippen LogP contribution in [0.5, 0.6) is 5.75 Å². The molecule has 0 bridgehead atoms. The third kappa shape index (κ3) is 3.58. The van der Waals surface area contributed by atoms with Gasteiger partial charge in [-0.1, -0.05) is 0 Å². The third-order valence-electron chi connectivity index (χ3n) is 5.20. The second-order valence-corrected chi connectivity index (χ2v) is 6.97. The summed E-state index contributed by atoms with van der Waals surface area (Å²) in [7, 11) is 1.55. The SMILES string of the molecule is COc1cc2nn(C3CCC(C=O)CC3)cc2cc1NC(=O)c1cnccn1. The summed E-state index contributed by atoms with van der Waals surface area (Å²) in [5.74, 6) is 0.342. The number of carbonyl (C=O) groups is 2. The maximum atomic E-state index is 12.4. The van der Waals surface area contributed by atoms with Crippen LogP contribution in [0.25, 0.3) is 10.9 Å². The Morgan fingerprint density at radius 2 is 2.07 bits per heavy atom. The number of hydrogen-bond donors (Lipinski definition) is 1. The number of nitrogens with zero attached hydrogens (tertiary/aromatic N) is 4. The number of aldehydes is 1. The number of rotatable bonds is 5. The standard InChI is InChI=1S/C20H21N5O3/c1-28-19-9-16-14(8-17(19)23-20(27)18-10-21-6-7-22-18)11-25(24-16)15-4-2-13(12-26)3-5-15/h6-13,15H,2-5H2,1H3,(H,23,27). The highest BCUT2D eigenvalue weighted by Gasteiger charge is 2.23. The zero-order valence-corrected chi connectivity index (χ0v) is 15.5. The molecule has 28 heavy (non-hydrogen) atoms. The fourth-order valence-corrected chi connectivity index (χ4v) is 3.63. The molecule has 2 aromatic heterocycles.